The molecular formula is C18H29N3O3S. The summed E-state index contributed by atoms with van der Waals surface area (Å²) in [7, 11) is 0.459. The number of hydrogen-bond acceptors (Lipinski definition) is 4. The molecule has 1 aliphatic heterocycles. The topological polar surface area (TPSA) is 69.7 Å². The van der Waals surface area contributed by atoms with Crippen molar-refractivity contribution in [3.05, 3.63) is 29.8 Å². The van der Waals surface area contributed by atoms with Crippen molar-refractivity contribution >= 4 is 15.9 Å². The van der Waals surface area contributed by atoms with Crippen LogP contribution in [0, 0.1) is 12.8 Å². The van der Waals surface area contributed by atoms with Gasteiger partial charge >= 0.3 is 0 Å². The first-order valence-corrected chi connectivity index (χ1v) is 10.2. The van der Waals surface area contributed by atoms with Gasteiger partial charge in [0.05, 0.1) is 10.8 Å². The van der Waals surface area contributed by atoms with E-state index in [0.29, 0.717) is 24.4 Å². The van der Waals surface area contributed by atoms with Gasteiger partial charge < -0.3 is 10.2 Å². The summed E-state index contributed by atoms with van der Waals surface area (Å²) in [6.07, 6.45) is 2.33. The molecule has 1 N–H and O–H groups in total. The van der Waals surface area contributed by atoms with Gasteiger partial charge in [0.1, 0.15) is 0 Å². The third-order valence-corrected chi connectivity index (χ3v) is 6.37. The normalized spacial score (nSPS) is 19.1. The predicted molar refractivity (Wildman–Crippen MR) is 98.8 cm³/mol. The first-order chi connectivity index (χ1) is 11.8. The Balaban J connectivity index is 1.95. The molecule has 1 aromatic carbocycles. The van der Waals surface area contributed by atoms with Crippen LogP contribution in [0.15, 0.2) is 29.2 Å². The van der Waals surface area contributed by atoms with E-state index in [0.717, 1.165) is 24.9 Å². The third-order valence-electron chi connectivity index (χ3n) is 4.50. The molecule has 0 radical (unpaired) electrons. The maximum Gasteiger partial charge on any atom is 0.243 e. The number of nitrogens with zero attached hydrogens (tertiary/aromatic N) is 2. The number of carbonyl (C=O) groups excluding carboxylic acids is 1. The van der Waals surface area contributed by atoms with Crippen LogP contribution in [0.4, 0.5) is 0 Å². The number of carbonyl (C=O) groups is 1. The summed E-state index contributed by atoms with van der Waals surface area (Å²) < 4.78 is 27.0. The molecule has 0 unspecified atom stereocenters. The molecule has 0 saturated carbocycles. The highest BCUT2D eigenvalue weighted by atomic mass is 32.2. The first kappa shape index (κ1) is 19.9. The SMILES string of the molecule is Cc1ccc(S(=O)(=O)N2CCC[C@@H](C(=O)NCCCN(C)C)C2)cc1. The molecule has 1 aliphatic rings. The molecule has 1 heterocycles. The van der Waals surface area contributed by atoms with Crippen LogP contribution in [0.3, 0.4) is 0 Å². The van der Waals surface area contributed by atoms with Gasteiger partial charge in [-0.25, -0.2) is 8.42 Å². The van der Waals surface area contributed by atoms with E-state index in [1.165, 1.54) is 4.31 Å². The van der Waals surface area contributed by atoms with Crippen molar-refractivity contribution < 1.29 is 13.2 Å². The largest absolute Gasteiger partial charge is 0.356 e. The predicted octanol–water partition coefficient (Wildman–Crippen LogP) is 1.46. The van der Waals surface area contributed by atoms with Gasteiger partial charge in [0.25, 0.3) is 0 Å². The van der Waals surface area contributed by atoms with Crippen molar-refractivity contribution in [2.75, 3.05) is 40.3 Å². The number of nitrogens with one attached hydrogen (secondary N) is 1. The van der Waals surface area contributed by atoms with Gasteiger partial charge in [-0.2, -0.15) is 4.31 Å². The molecule has 0 spiro atoms. The second kappa shape index (κ2) is 8.78. The van der Waals surface area contributed by atoms with Crippen molar-refractivity contribution in [2.45, 2.75) is 31.1 Å². The molecule has 1 aromatic rings. The molecule has 1 fully saturated rings. The van der Waals surface area contributed by atoms with Crippen LogP contribution in [0.5, 0.6) is 0 Å². The molecule has 1 saturated heterocycles. The average molecular weight is 368 g/mol. The molecule has 0 aliphatic carbocycles. The van der Waals surface area contributed by atoms with Crippen LogP contribution in [-0.2, 0) is 14.8 Å². The lowest BCUT2D eigenvalue weighted by atomic mass is 9.99. The number of sulfonamides is 1. The number of piperidine rings is 1. The Morgan fingerprint density at radius 2 is 1.96 bits per heavy atom. The monoisotopic (exact) mass is 367 g/mol. The number of hydrogen-bond donors (Lipinski definition) is 1. The molecule has 6 nitrogen and oxygen atoms in total. The Bertz CT molecular complexity index is 671. The Hall–Kier alpha value is -1.44. The zero-order valence-corrected chi connectivity index (χ0v) is 16.2. The fourth-order valence-corrected chi connectivity index (χ4v) is 4.51. The van der Waals surface area contributed by atoms with Crippen LogP contribution >= 0.6 is 0 Å². The van der Waals surface area contributed by atoms with Crippen molar-refractivity contribution in [2.24, 2.45) is 5.92 Å². The van der Waals surface area contributed by atoms with E-state index >= 15 is 0 Å². The minimum absolute atomic E-state index is 0.0393. The summed E-state index contributed by atoms with van der Waals surface area (Å²) in [5.74, 6) is -0.309. The van der Waals surface area contributed by atoms with E-state index in [4.69, 9.17) is 0 Å². The maximum absolute atomic E-state index is 12.8. The second-order valence-corrected chi connectivity index (χ2v) is 8.90. The quantitative estimate of drug-likeness (QED) is 0.741. The van der Waals surface area contributed by atoms with E-state index in [-0.39, 0.29) is 18.4 Å². The van der Waals surface area contributed by atoms with E-state index < -0.39 is 10.0 Å². The molecule has 140 valence electrons. The fraction of sp³-hybridized carbons (Fsp3) is 0.611. The third kappa shape index (κ3) is 5.52. The Morgan fingerprint density at radius 3 is 2.60 bits per heavy atom. The van der Waals surface area contributed by atoms with Gasteiger partial charge in [-0.15, -0.1) is 0 Å². The molecule has 1 atom stereocenters. The standard InChI is InChI=1S/C18H29N3O3S/c1-15-7-9-17(10-8-15)25(23,24)21-13-4-6-16(14-21)18(22)19-11-5-12-20(2)3/h7-10,16H,4-6,11-14H2,1-3H3,(H,19,22)/t16-/m1/s1. The summed E-state index contributed by atoms with van der Waals surface area (Å²) in [4.78, 5) is 14.7. The summed E-state index contributed by atoms with van der Waals surface area (Å²) in [6.45, 7) is 4.20. The van der Waals surface area contributed by atoms with Crippen molar-refractivity contribution in [1.82, 2.24) is 14.5 Å². The lowest BCUT2D eigenvalue weighted by Gasteiger charge is -2.31. The molecule has 0 bridgehead atoms. The Kier molecular flexibility index (Phi) is 6.98. The van der Waals surface area contributed by atoms with E-state index in [2.05, 4.69) is 10.2 Å². The molecular weight excluding hydrogens is 338 g/mol. The van der Waals surface area contributed by atoms with Gasteiger partial charge in [0, 0.05) is 19.6 Å². The van der Waals surface area contributed by atoms with Crippen LogP contribution < -0.4 is 5.32 Å². The first-order valence-electron chi connectivity index (χ1n) is 8.80. The van der Waals surface area contributed by atoms with Crippen LogP contribution in [0.1, 0.15) is 24.8 Å². The van der Waals surface area contributed by atoms with Gasteiger partial charge in [0.15, 0.2) is 0 Å². The van der Waals surface area contributed by atoms with Gasteiger partial charge in [-0.3, -0.25) is 4.79 Å². The number of benzene rings is 1. The number of aryl methyl sites for hydroxylation is 1. The van der Waals surface area contributed by atoms with Crippen molar-refractivity contribution in [3.8, 4) is 0 Å². The van der Waals surface area contributed by atoms with Crippen LogP contribution in [0.2, 0.25) is 0 Å². The lowest BCUT2D eigenvalue weighted by Crippen LogP contribution is -2.45. The minimum atomic E-state index is -3.53. The molecule has 7 heteroatoms. The van der Waals surface area contributed by atoms with E-state index in [1.807, 2.05) is 21.0 Å². The van der Waals surface area contributed by atoms with E-state index in [9.17, 15) is 13.2 Å². The zero-order chi connectivity index (χ0) is 18.4. The zero-order valence-electron chi connectivity index (χ0n) is 15.4. The summed E-state index contributed by atoms with van der Waals surface area (Å²) in [5, 5.41) is 2.94. The Labute approximate surface area is 151 Å². The molecule has 1 amide bonds. The van der Waals surface area contributed by atoms with Gasteiger partial charge in [0.2, 0.25) is 15.9 Å². The van der Waals surface area contributed by atoms with Crippen LogP contribution in [-0.4, -0.2) is 63.8 Å². The van der Waals surface area contributed by atoms with Gasteiger partial charge in [-0.05, 0) is 59.0 Å². The fourth-order valence-electron chi connectivity index (χ4n) is 2.99. The maximum atomic E-state index is 12.8. The second-order valence-electron chi connectivity index (χ2n) is 6.96. The number of rotatable bonds is 7. The number of amides is 1. The molecule has 0 aromatic heterocycles. The highest BCUT2D eigenvalue weighted by Gasteiger charge is 2.33. The summed E-state index contributed by atoms with van der Waals surface area (Å²) in [5.41, 5.74) is 1.02. The van der Waals surface area contributed by atoms with E-state index in [1.54, 1.807) is 24.3 Å². The highest BCUT2D eigenvalue weighted by Crippen LogP contribution is 2.24. The molecule has 2 rings (SSSR count). The minimum Gasteiger partial charge on any atom is -0.356 e. The van der Waals surface area contributed by atoms with Crippen LogP contribution in [0.25, 0.3) is 0 Å². The highest BCUT2D eigenvalue weighted by molar-refractivity contribution is 7.89. The average Bonchev–Trinajstić information content (AvgIpc) is 2.59. The van der Waals surface area contributed by atoms with Gasteiger partial charge in [-0.1, -0.05) is 17.7 Å². The van der Waals surface area contributed by atoms with Crippen molar-refractivity contribution in [1.29, 1.82) is 0 Å². The van der Waals surface area contributed by atoms with Crippen molar-refractivity contribution in [3.63, 3.8) is 0 Å². The molecule has 25 heavy (non-hydrogen) atoms. The smallest absolute Gasteiger partial charge is 0.243 e. The Morgan fingerprint density at radius 1 is 1.28 bits per heavy atom. The lowest BCUT2D eigenvalue weighted by molar-refractivity contribution is -0.126. The summed E-state index contributed by atoms with van der Waals surface area (Å²) in [6, 6.07) is 6.86. The summed E-state index contributed by atoms with van der Waals surface area (Å²) >= 11 is 0.